The molecule has 11 heteroatoms. The van der Waals surface area contributed by atoms with E-state index in [4.69, 9.17) is 20.4 Å². The number of nitrogens with one attached hydrogen (secondary N) is 2. The lowest BCUT2D eigenvalue weighted by Gasteiger charge is -2.20. The van der Waals surface area contributed by atoms with Crippen molar-refractivity contribution in [3.63, 3.8) is 0 Å². The van der Waals surface area contributed by atoms with E-state index in [1.165, 1.54) is 0 Å². The van der Waals surface area contributed by atoms with Crippen molar-refractivity contribution in [2.24, 2.45) is 5.73 Å². The minimum absolute atomic E-state index is 0.344. The summed E-state index contributed by atoms with van der Waals surface area (Å²) in [4.78, 5) is 21.2. The standard InChI is InChI=1S/C22H21BN6O4/c24-20(30)16-6-2-5-15-18(16)28-29-19(15)22-26-17-11-33-8-7-14(17)21(27-22)25-10-12-3-1-4-13(9-12)23(31)32/h1-6,9,31-32H,7-8,10-11H2,(H2,24,30)(H,28,29)(H,25,26,27). The second-order valence-electron chi connectivity index (χ2n) is 7.76. The molecule has 0 spiro atoms. The lowest BCUT2D eigenvalue weighted by atomic mass is 9.79. The van der Waals surface area contributed by atoms with Crippen LogP contribution in [-0.2, 0) is 24.3 Å². The third-order valence-electron chi connectivity index (χ3n) is 5.61. The number of hydrogen-bond acceptors (Lipinski definition) is 8. The Morgan fingerprint density at radius 3 is 2.88 bits per heavy atom. The minimum atomic E-state index is -1.53. The van der Waals surface area contributed by atoms with Gasteiger partial charge in [0.2, 0.25) is 0 Å². The summed E-state index contributed by atoms with van der Waals surface area (Å²) in [6.45, 7) is 1.36. The number of carbonyl (C=O) groups excluding carboxylic acids is 1. The van der Waals surface area contributed by atoms with E-state index in [-0.39, 0.29) is 0 Å². The fraction of sp³-hybridized carbons (Fsp3) is 0.182. The van der Waals surface area contributed by atoms with Gasteiger partial charge in [0, 0.05) is 23.9 Å². The predicted molar refractivity (Wildman–Crippen MR) is 123 cm³/mol. The number of fused-ring (bicyclic) bond motifs is 2. The Labute approximate surface area is 189 Å². The number of anilines is 1. The average Bonchev–Trinajstić information content (AvgIpc) is 3.26. The number of aromatic amines is 1. The molecule has 4 aromatic rings. The number of aromatic nitrogens is 4. The first-order valence-electron chi connectivity index (χ1n) is 10.4. The highest BCUT2D eigenvalue weighted by Gasteiger charge is 2.22. The zero-order valence-electron chi connectivity index (χ0n) is 17.6. The molecule has 10 nitrogen and oxygen atoms in total. The molecular formula is C22H21BN6O4. The first kappa shape index (κ1) is 21.1. The third kappa shape index (κ3) is 4.04. The van der Waals surface area contributed by atoms with Gasteiger partial charge in [0.15, 0.2) is 5.82 Å². The van der Waals surface area contributed by atoms with Crippen LogP contribution in [0.5, 0.6) is 0 Å². The number of hydrogen-bond donors (Lipinski definition) is 5. The Kier molecular flexibility index (Phi) is 5.51. The summed E-state index contributed by atoms with van der Waals surface area (Å²) in [6.07, 6.45) is 0.667. The van der Waals surface area contributed by atoms with Gasteiger partial charge in [0.1, 0.15) is 11.5 Å². The Balaban J connectivity index is 1.54. The summed E-state index contributed by atoms with van der Waals surface area (Å²) in [7, 11) is -1.53. The van der Waals surface area contributed by atoms with Crippen molar-refractivity contribution in [3.8, 4) is 11.5 Å². The van der Waals surface area contributed by atoms with Gasteiger partial charge in [0.05, 0.1) is 30.0 Å². The van der Waals surface area contributed by atoms with E-state index in [9.17, 15) is 14.8 Å². The number of rotatable bonds is 6. The van der Waals surface area contributed by atoms with Crippen LogP contribution in [0.1, 0.15) is 27.2 Å². The molecule has 0 fully saturated rings. The average molecular weight is 444 g/mol. The highest BCUT2D eigenvalue weighted by Crippen LogP contribution is 2.30. The number of carbonyl (C=O) groups is 1. The molecule has 0 saturated carbocycles. The number of nitrogens with zero attached hydrogens (tertiary/aromatic N) is 3. The fourth-order valence-corrected chi connectivity index (χ4v) is 3.98. The molecular weight excluding hydrogens is 423 g/mol. The predicted octanol–water partition coefficient (Wildman–Crippen LogP) is 0.483. The SMILES string of the molecule is NC(=O)c1cccc2c(-c3nc4c(c(NCc5cccc(B(O)O)c5)n3)CCOC4)n[nH]c12. The lowest BCUT2D eigenvalue weighted by Crippen LogP contribution is -2.30. The highest BCUT2D eigenvalue weighted by atomic mass is 16.5. The summed E-state index contributed by atoms with van der Waals surface area (Å²) < 4.78 is 5.60. The Morgan fingerprint density at radius 1 is 1.21 bits per heavy atom. The van der Waals surface area contributed by atoms with Crippen molar-refractivity contribution in [3.05, 3.63) is 64.8 Å². The highest BCUT2D eigenvalue weighted by molar-refractivity contribution is 6.58. The van der Waals surface area contributed by atoms with Gasteiger partial charge < -0.3 is 25.8 Å². The zero-order chi connectivity index (χ0) is 22.9. The van der Waals surface area contributed by atoms with Crippen LogP contribution < -0.4 is 16.5 Å². The molecule has 33 heavy (non-hydrogen) atoms. The number of ether oxygens (including phenoxy) is 1. The molecule has 3 heterocycles. The Bertz CT molecular complexity index is 1360. The van der Waals surface area contributed by atoms with Crippen LogP contribution >= 0.6 is 0 Å². The van der Waals surface area contributed by atoms with E-state index in [0.717, 1.165) is 16.8 Å². The molecule has 0 saturated heterocycles. The molecule has 0 bridgehead atoms. The van der Waals surface area contributed by atoms with Gasteiger partial charge in [-0.1, -0.05) is 36.4 Å². The molecule has 166 valence electrons. The molecule has 0 aliphatic carbocycles. The van der Waals surface area contributed by atoms with Gasteiger partial charge in [-0.3, -0.25) is 9.89 Å². The van der Waals surface area contributed by atoms with E-state index in [2.05, 4.69) is 15.5 Å². The number of nitrogens with two attached hydrogens (primary N) is 1. The number of para-hydroxylation sites is 1. The summed E-state index contributed by atoms with van der Waals surface area (Å²) in [5.74, 6) is 0.512. The largest absolute Gasteiger partial charge is 0.488 e. The van der Waals surface area contributed by atoms with E-state index < -0.39 is 13.0 Å². The third-order valence-corrected chi connectivity index (χ3v) is 5.61. The Hall–Kier alpha value is -3.80. The maximum atomic E-state index is 11.8. The molecule has 5 rings (SSSR count). The van der Waals surface area contributed by atoms with Crippen LogP contribution in [0.25, 0.3) is 22.4 Å². The summed E-state index contributed by atoms with van der Waals surface area (Å²) in [5, 5.41) is 30.2. The molecule has 1 aliphatic heterocycles. The van der Waals surface area contributed by atoms with Gasteiger partial charge in [-0.2, -0.15) is 5.10 Å². The minimum Gasteiger partial charge on any atom is -0.423 e. The van der Waals surface area contributed by atoms with Gasteiger partial charge in [0.25, 0.3) is 5.91 Å². The van der Waals surface area contributed by atoms with Crippen LogP contribution in [0.2, 0.25) is 0 Å². The molecule has 6 N–H and O–H groups in total. The number of H-pyrrole nitrogens is 1. The molecule has 2 aromatic heterocycles. The number of benzene rings is 2. The van der Waals surface area contributed by atoms with E-state index in [1.54, 1.807) is 30.3 Å². The molecule has 1 amide bonds. The van der Waals surface area contributed by atoms with Gasteiger partial charge in [-0.05, 0) is 17.1 Å². The monoisotopic (exact) mass is 444 g/mol. The van der Waals surface area contributed by atoms with E-state index >= 15 is 0 Å². The molecule has 2 aromatic carbocycles. The zero-order valence-corrected chi connectivity index (χ0v) is 17.6. The fourth-order valence-electron chi connectivity index (χ4n) is 3.98. The van der Waals surface area contributed by atoms with Crippen molar-refractivity contribution >= 4 is 35.2 Å². The first-order valence-corrected chi connectivity index (χ1v) is 10.4. The van der Waals surface area contributed by atoms with Crippen molar-refractivity contribution in [2.45, 2.75) is 19.6 Å². The quantitative estimate of drug-likeness (QED) is 0.269. The topological polar surface area (TPSA) is 159 Å². The summed E-state index contributed by atoms with van der Waals surface area (Å²) in [5.41, 5.74) is 9.92. The van der Waals surface area contributed by atoms with Crippen molar-refractivity contribution in [1.29, 1.82) is 0 Å². The normalized spacial score (nSPS) is 13.0. The second-order valence-corrected chi connectivity index (χ2v) is 7.76. The van der Waals surface area contributed by atoms with Crippen LogP contribution in [0, 0.1) is 0 Å². The van der Waals surface area contributed by atoms with Crippen molar-refractivity contribution in [2.75, 3.05) is 11.9 Å². The summed E-state index contributed by atoms with van der Waals surface area (Å²) >= 11 is 0. The van der Waals surface area contributed by atoms with Crippen LogP contribution in [-0.4, -0.2) is 49.8 Å². The number of amides is 1. The van der Waals surface area contributed by atoms with Gasteiger partial charge in [-0.25, -0.2) is 9.97 Å². The molecule has 0 unspecified atom stereocenters. The van der Waals surface area contributed by atoms with E-state index in [0.29, 0.717) is 65.4 Å². The molecule has 0 radical (unpaired) electrons. The molecule has 1 aliphatic rings. The first-order chi connectivity index (χ1) is 16.0. The lowest BCUT2D eigenvalue weighted by molar-refractivity contribution is 0.100. The Morgan fingerprint density at radius 2 is 2.06 bits per heavy atom. The van der Waals surface area contributed by atoms with Crippen LogP contribution in [0.3, 0.4) is 0 Å². The maximum absolute atomic E-state index is 11.8. The smallest absolute Gasteiger partial charge is 0.423 e. The van der Waals surface area contributed by atoms with Gasteiger partial charge in [-0.15, -0.1) is 0 Å². The van der Waals surface area contributed by atoms with Gasteiger partial charge >= 0.3 is 7.12 Å². The van der Waals surface area contributed by atoms with Crippen molar-refractivity contribution < 1.29 is 19.6 Å². The summed E-state index contributed by atoms with van der Waals surface area (Å²) in [6, 6.07) is 12.2. The second kappa shape index (κ2) is 8.62. The maximum Gasteiger partial charge on any atom is 0.488 e. The van der Waals surface area contributed by atoms with Crippen molar-refractivity contribution in [1.82, 2.24) is 20.2 Å². The number of primary amides is 1. The van der Waals surface area contributed by atoms with E-state index in [1.807, 2.05) is 12.1 Å². The van der Waals surface area contributed by atoms with Crippen LogP contribution in [0.15, 0.2) is 42.5 Å². The molecule has 0 atom stereocenters. The van der Waals surface area contributed by atoms with Crippen LogP contribution in [0.4, 0.5) is 5.82 Å².